The minimum absolute atomic E-state index is 0.108. The van der Waals surface area contributed by atoms with Crippen molar-refractivity contribution in [3.63, 3.8) is 0 Å². The van der Waals surface area contributed by atoms with Gasteiger partial charge in [-0.2, -0.15) is 0 Å². The molecule has 1 aliphatic heterocycles. The van der Waals surface area contributed by atoms with E-state index in [4.69, 9.17) is 4.52 Å². The van der Waals surface area contributed by atoms with E-state index in [1.54, 1.807) is 18.2 Å². The topological polar surface area (TPSA) is 75.9 Å². The lowest BCUT2D eigenvalue weighted by Gasteiger charge is -2.29. The summed E-state index contributed by atoms with van der Waals surface area (Å²) in [5, 5.41) is 12.4. The molecule has 0 saturated carbocycles. The summed E-state index contributed by atoms with van der Waals surface area (Å²) in [5.41, 5.74) is 0.861. The normalized spacial score (nSPS) is 17.3. The summed E-state index contributed by atoms with van der Waals surface area (Å²) in [6.07, 6.45) is 0. The molecule has 0 N–H and O–H groups in total. The summed E-state index contributed by atoms with van der Waals surface area (Å²) in [4.78, 5) is 11.3. The molecule has 1 aliphatic rings. The largest absolute Gasteiger partial charge is 0.422 e. The quantitative estimate of drug-likeness (QED) is 0.198. The molecule has 11 heteroatoms. The number of rotatable bonds is 8. The molecule has 1 aromatic carbocycles. The summed E-state index contributed by atoms with van der Waals surface area (Å²) < 4.78 is 23.3. The summed E-state index contributed by atoms with van der Waals surface area (Å²) in [5.74, 6) is 0.522. The zero-order valence-corrected chi connectivity index (χ0v) is 19.2. The van der Waals surface area contributed by atoms with E-state index >= 15 is 0 Å². The highest BCUT2D eigenvalue weighted by Crippen LogP contribution is 2.57. The second-order valence-corrected chi connectivity index (χ2v) is 10.7. The molecule has 0 amide bonds. The molecular weight excluding hydrogens is 521 g/mol. The zero-order chi connectivity index (χ0) is 19.4. The Labute approximate surface area is 178 Å². The number of nitro groups is 1. The van der Waals surface area contributed by atoms with Crippen LogP contribution in [-0.2, 0) is 4.57 Å². The van der Waals surface area contributed by atoms with Crippen LogP contribution in [0.5, 0.6) is 5.75 Å². The van der Waals surface area contributed by atoms with E-state index in [0.717, 1.165) is 32.4 Å². The standard InChI is InChI=1S/C16H18Br2N3O4PS/c17-7-9-19-11-12-20(10-8-18)26(19,24)25-14-3-1-13(2-4-14)15-5-6-16(27-15)21(22)23/h1-6H,7-12H2. The summed E-state index contributed by atoms with van der Waals surface area (Å²) in [7, 11) is -3.12. The van der Waals surface area contributed by atoms with Gasteiger partial charge in [0.1, 0.15) is 5.75 Å². The van der Waals surface area contributed by atoms with Crippen molar-refractivity contribution in [3.05, 3.63) is 46.5 Å². The van der Waals surface area contributed by atoms with E-state index in [1.165, 1.54) is 6.07 Å². The second kappa shape index (κ2) is 9.15. The highest BCUT2D eigenvalue weighted by Gasteiger charge is 2.44. The monoisotopic (exact) mass is 537 g/mol. The Morgan fingerprint density at radius 2 is 1.67 bits per heavy atom. The first kappa shape index (κ1) is 21.0. The highest BCUT2D eigenvalue weighted by molar-refractivity contribution is 9.09. The van der Waals surface area contributed by atoms with Crippen molar-refractivity contribution in [2.75, 3.05) is 36.8 Å². The highest BCUT2D eigenvalue weighted by atomic mass is 79.9. The van der Waals surface area contributed by atoms with Crippen LogP contribution in [0.2, 0.25) is 0 Å². The van der Waals surface area contributed by atoms with Crippen molar-refractivity contribution in [3.8, 4) is 16.2 Å². The fourth-order valence-electron chi connectivity index (χ4n) is 2.85. The summed E-state index contributed by atoms with van der Waals surface area (Å²) in [6, 6.07) is 10.4. The van der Waals surface area contributed by atoms with Gasteiger partial charge in [-0.25, -0.2) is 13.9 Å². The number of hydrogen-bond donors (Lipinski definition) is 0. The predicted molar refractivity (Wildman–Crippen MR) is 115 cm³/mol. The molecule has 27 heavy (non-hydrogen) atoms. The van der Waals surface area contributed by atoms with Crippen LogP contribution in [0.3, 0.4) is 0 Å². The van der Waals surface area contributed by atoms with E-state index in [9.17, 15) is 14.7 Å². The first-order valence-corrected chi connectivity index (χ1v) is 12.8. The molecule has 1 saturated heterocycles. The maximum Gasteiger partial charge on any atom is 0.395 e. The minimum Gasteiger partial charge on any atom is -0.422 e. The molecule has 0 aliphatic carbocycles. The first-order chi connectivity index (χ1) is 13.0. The van der Waals surface area contributed by atoms with E-state index in [-0.39, 0.29) is 5.00 Å². The van der Waals surface area contributed by atoms with Gasteiger partial charge in [-0.1, -0.05) is 43.2 Å². The average Bonchev–Trinajstić information content (AvgIpc) is 3.24. The number of hydrogen-bond acceptors (Lipinski definition) is 5. The molecule has 0 spiro atoms. The Hall–Kier alpha value is -0.770. The van der Waals surface area contributed by atoms with Crippen LogP contribution in [0.1, 0.15) is 0 Å². The molecule has 1 fully saturated rings. The molecule has 0 atom stereocenters. The molecule has 146 valence electrons. The third kappa shape index (κ3) is 4.63. The van der Waals surface area contributed by atoms with Crippen molar-refractivity contribution < 1.29 is 14.0 Å². The fourth-order valence-corrected chi connectivity index (χ4v) is 7.45. The van der Waals surface area contributed by atoms with Gasteiger partial charge in [-0.3, -0.25) is 10.1 Å². The van der Waals surface area contributed by atoms with E-state index in [1.807, 2.05) is 21.5 Å². The third-order valence-corrected chi connectivity index (χ3v) is 8.62. The molecule has 7 nitrogen and oxygen atoms in total. The van der Waals surface area contributed by atoms with Gasteiger partial charge in [0.25, 0.3) is 0 Å². The minimum atomic E-state index is -3.12. The maximum absolute atomic E-state index is 13.6. The SMILES string of the molecule is O=[N+]([O-])c1ccc(-c2ccc(OP3(=O)N(CCBr)CCN3CCBr)cc2)s1. The number of nitrogens with zero attached hydrogens (tertiary/aromatic N) is 3. The lowest BCUT2D eigenvalue weighted by atomic mass is 10.2. The van der Waals surface area contributed by atoms with E-state index in [0.29, 0.717) is 31.9 Å². The molecule has 0 radical (unpaired) electrons. The Morgan fingerprint density at radius 1 is 1.07 bits per heavy atom. The number of alkyl halides is 2. The second-order valence-electron chi connectivity index (χ2n) is 5.79. The molecule has 1 aromatic heterocycles. The van der Waals surface area contributed by atoms with Crippen LogP contribution in [-0.4, -0.2) is 51.1 Å². The number of thiophene rings is 1. The average molecular weight is 539 g/mol. The Morgan fingerprint density at radius 3 is 2.15 bits per heavy atom. The van der Waals surface area contributed by atoms with Gasteiger partial charge in [0.2, 0.25) is 0 Å². The van der Waals surface area contributed by atoms with Gasteiger partial charge < -0.3 is 4.52 Å². The zero-order valence-electron chi connectivity index (χ0n) is 14.3. The lowest BCUT2D eigenvalue weighted by Crippen LogP contribution is -2.25. The smallest absolute Gasteiger partial charge is 0.395 e. The van der Waals surface area contributed by atoms with Gasteiger partial charge in [0, 0.05) is 47.8 Å². The summed E-state index contributed by atoms with van der Waals surface area (Å²) in [6.45, 7) is 2.69. The van der Waals surface area contributed by atoms with Crippen LogP contribution in [0, 0.1) is 10.1 Å². The first-order valence-electron chi connectivity index (χ1n) is 8.25. The van der Waals surface area contributed by atoms with E-state index < -0.39 is 12.6 Å². The molecule has 3 rings (SSSR count). The van der Waals surface area contributed by atoms with Crippen LogP contribution in [0.25, 0.3) is 10.4 Å². The van der Waals surface area contributed by atoms with Crippen molar-refractivity contribution in [2.24, 2.45) is 0 Å². The van der Waals surface area contributed by atoms with Crippen molar-refractivity contribution >= 4 is 55.9 Å². The molecule has 0 unspecified atom stereocenters. The van der Waals surface area contributed by atoms with Gasteiger partial charge in [0.05, 0.1) is 4.92 Å². The molecule has 2 heterocycles. The fraction of sp³-hybridized carbons (Fsp3) is 0.375. The van der Waals surface area contributed by atoms with Crippen LogP contribution in [0.15, 0.2) is 36.4 Å². The van der Waals surface area contributed by atoms with Gasteiger partial charge in [-0.15, -0.1) is 0 Å². The number of benzene rings is 1. The number of halogens is 2. The van der Waals surface area contributed by atoms with Crippen LogP contribution in [0.4, 0.5) is 5.00 Å². The Balaban J connectivity index is 1.79. The van der Waals surface area contributed by atoms with Crippen LogP contribution < -0.4 is 4.52 Å². The van der Waals surface area contributed by atoms with Gasteiger partial charge in [0.15, 0.2) is 0 Å². The van der Waals surface area contributed by atoms with Crippen LogP contribution >= 0.6 is 50.9 Å². The van der Waals surface area contributed by atoms with Gasteiger partial charge in [-0.05, 0) is 35.9 Å². The van der Waals surface area contributed by atoms with Crippen molar-refractivity contribution in [1.82, 2.24) is 9.34 Å². The summed E-state index contributed by atoms with van der Waals surface area (Å²) >= 11 is 7.94. The van der Waals surface area contributed by atoms with E-state index in [2.05, 4.69) is 31.9 Å². The van der Waals surface area contributed by atoms with Gasteiger partial charge >= 0.3 is 12.7 Å². The Kier molecular flexibility index (Phi) is 7.10. The molecular formula is C16H18Br2N3O4PS. The van der Waals surface area contributed by atoms with Crippen molar-refractivity contribution in [2.45, 2.75) is 0 Å². The third-order valence-electron chi connectivity index (χ3n) is 4.15. The van der Waals surface area contributed by atoms with Crippen molar-refractivity contribution in [1.29, 1.82) is 0 Å². The molecule has 0 bridgehead atoms. The molecule has 2 aromatic rings. The lowest BCUT2D eigenvalue weighted by molar-refractivity contribution is -0.380. The maximum atomic E-state index is 13.6. The predicted octanol–water partition coefficient (Wildman–Crippen LogP) is 5.22. The Bertz CT molecular complexity index is 830.